The molecule has 5 nitrogen and oxygen atoms in total. The third-order valence-electron chi connectivity index (χ3n) is 7.37. The van der Waals surface area contributed by atoms with Crippen LogP contribution in [0.1, 0.15) is 53.6 Å². The number of alkyl halides is 3. The van der Waals surface area contributed by atoms with E-state index in [1.54, 1.807) is 4.90 Å². The van der Waals surface area contributed by atoms with Gasteiger partial charge in [-0.3, -0.25) is 9.69 Å². The van der Waals surface area contributed by atoms with E-state index in [4.69, 9.17) is 4.74 Å². The van der Waals surface area contributed by atoms with Gasteiger partial charge in [0.15, 0.2) is 0 Å². The summed E-state index contributed by atoms with van der Waals surface area (Å²) in [5.41, 5.74) is 0.453. The summed E-state index contributed by atoms with van der Waals surface area (Å²) >= 11 is 0. The lowest BCUT2D eigenvalue weighted by molar-refractivity contribution is -0.137. The van der Waals surface area contributed by atoms with Crippen LogP contribution < -0.4 is 4.74 Å². The third kappa shape index (κ3) is 6.35. The van der Waals surface area contributed by atoms with E-state index in [0.717, 1.165) is 75.2 Å². The first-order valence-electron chi connectivity index (χ1n) is 12.3. The minimum Gasteiger partial charge on any atom is -0.491 e. The molecule has 1 amide bonds. The van der Waals surface area contributed by atoms with Gasteiger partial charge in [-0.25, -0.2) is 0 Å². The number of piperidine rings is 1. The standard InChI is InChI=1S/C27H33F3N2O3/c28-27(29,30)23-9-7-21(8-10-23)25(34)32-14-4-3-11-26(20-33)12-15-31(16-13-26)19-22-5-1-2-6-24(22)35-18-17-32/h1-2,5-10,33H,3-4,11-20H2. The van der Waals surface area contributed by atoms with Gasteiger partial charge in [0.2, 0.25) is 0 Å². The fourth-order valence-corrected chi connectivity index (χ4v) is 5.06. The summed E-state index contributed by atoms with van der Waals surface area (Å²) in [5.74, 6) is 0.479. The summed E-state index contributed by atoms with van der Waals surface area (Å²) in [7, 11) is 0. The zero-order valence-electron chi connectivity index (χ0n) is 19.9. The maximum atomic E-state index is 13.2. The van der Waals surface area contributed by atoms with Crippen molar-refractivity contribution in [3.63, 3.8) is 0 Å². The first-order chi connectivity index (χ1) is 16.8. The topological polar surface area (TPSA) is 53.0 Å². The van der Waals surface area contributed by atoms with E-state index in [2.05, 4.69) is 4.90 Å². The molecule has 190 valence electrons. The number of amides is 1. The van der Waals surface area contributed by atoms with Crippen molar-refractivity contribution >= 4 is 5.91 Å². The van der Waals surface area contributed by atoms with Gasteiger partial charge in [-0.1, -0.05) is 24.6 Å². The summed E-state index contributed by atoms with van der Waals surface area (Å²) in [6.45, 7) is 3.90. The molecule has 1 fully saturated rings. The molecule has 0 saturated carbocycles. The lowest BCUT2D eigenvalue weighted by atomic mass is 9.75. The number of nitrogens with zero attached hydrogens (tertiary/aromatic N) is 2. The number of aliphatic hydroxyl groups excluding tert-OH is 1. The largest absolute Gasteiger partial charge is 0.491 e. The summed E-state index contributed by atoms with van der Waals surface area (Å²) in [6, 6.07) is 12.3. The lowest BCUT2D eigenvalue weighted by Gasteiger charge is -2.41. The van der Waals surface area contributed by atoms with E-state index in [-0.39, 0.29) is 23.5 Å². The van der Waals surface area contributed by atoms with Crippen molar-refractivity contribution in [2.75, 3.05) is 39.4 Å². The van der Waals surface area contributed by atoms with E-state index in [9.17, 15) is 23.1 Å². The number of aliphatic hydroxyl groups is 1. The van der Waals surface area contributed by atoms with Crippen LogP contribution in [0.3, 0.4) is 0 Å². The molecule has 0 radical (unpaired) electrons. The average Bonchev–Trinajstić information content (AvgIpc) is 2.87. The maximum Gasteiger partial charge on any atom is 0.416 e. The molecule has 2 aromatic carbocycles. The number of carbonyl (C=O) groups is 1. The molecular formula is C27H33F3N2O3. The number of benzene rings is 2. The lowest BCUT2D eigenvalue weighted by Crippen LogP contribution is -2.41. The zero-order chi connectivity index (χ0) is 24.9. The Bertz CT molecular complexity index is 986. The van der Waals surface area contributed by atoms with Gasteiger partial charge >= 0.3 is 6.18 Å². The van der Waals surface area contributed by atoms with Crippen molar-refractivity contribution in [1.82, 2.24) is 9.80 Å². The van der Waals surface area contributed by atoms with Gasteiger partial charge in [0.25, 0.3) is 5.91 Å². The number of ether oxygens (including phenoxy) is 1. The van der Waals surface area contributed by atoms with Crippen molar-refractivity contribution in [2.45, 2.75) is 44.8 Å². The highest BCUT2D eigenvalue weighted by Gasteiger charge is 2.34. The van der Waals surface area contributed by atoms with Crippen LogP contribution in [0, 0.1) is 5.41 Å². The zero-order valence-corrected chi connectivity index (χ0v) is 19.9. The van der Waals surface area contributed by atoms with Gasteiger partial charge in [0.1, 0.15) is 12.4 Å². The Morgan fingerprint density at radius 1 is 0.943 bits per heavy atom. The minimum absolute atomic E-state index is 0.0883. The molecule has 0 spiro atoms. The van der Waals surface area contributed by atoms with E-state index in [1.165, 1.54) is 12.1 Å². The first kappa shape index (κ1) is 25.5. The first-order valence-corrected chi connectivity index (χ1v) is 12.3. The van der Waals surface area contributed by atoms with Crippen LogP contribution >= 0.6 is 0 Å². The number of para-hydroxylation sites is 1. The Labute approximate surface area is 204 Å². The summed E-state index contributed by atoms with van der Waals surface area (Å²) in [4.78, 5) is 17.3. The number of carbonyl (C=O) groups excluding carboxylic acids is 1. The average molecular weight is 491 g/mol. The molecular weight excluding hydrogens is 457 g/mol. The van der Waals surface area contributed by atoms with Gasteiger partial charge in [0, 0.05) is 30.8 Å². The minimum atomic E-state index is -4.44. The second-order valence-corrected chi connectivity index (χ2v) is 9.71. The molecule has 0 atom stereocenters. The molecule has 5 rings (SSSR count). The number of hydrogen-bond acceptors (Lipinski definition) is 4. The third-order valence-corrected chi connectivity index (χ3v) is 7.37. The van der Waals surface area contributed by atoms with Gasteiger partial charge < -0.3 is 14.7 Å². The molecule has 0 unspecified atom stereocenters. The molecule has 0 aromatic heterocycles. The molecule has 3 aliphatic rings. The van der Waals surface area contributed by atoms with Crippen LogP contribution in [-0.2, 0) is 12.7 Å². The van der Waals surface area contributed by atoms with Crippen molar-refractivity contribution in [3.05, 3.63) is 65.2 Å². The molecule has 1 saturated heterocycles. The highest BCUT2D eigenvalue weighted by molar-refractivity contribution is 5.94. The van der Waals surface area contributed by atoms with E-state index >= 15 is 0 Å². The monoisotopic (exact) mass is 490 g/mol. The van der Waals surface area contributed by atoms with E-state index < -0.39 is 11.7 Å². The van der Waals surface area contributed by atoms with E-state index in [0.29, 0.717) is 19.7 Å². The summed E-state index contributed by atoms with van der Waals surface area (Å²) in [6.07, 6.45) is -0.0499. The number of rotatable bonds is 2. The van der Waals surface area contributed by atoms with Crippen LogP contribution in [0.5, 0.6) is 5.75 Å². The van der Waals surface area contributed by atoms with Crippen molar-refractivity contribution in [3.8, 4) is 5.75 Å². The molecule has 35 heavy (non-hydrogen) atoms. The molecule has 2 aromatic rings. The molecule has 3 heterocycles. The Balaban J connectivity index is 1.52. The van der Waals surface area contributed by atoms with Crippen molar-refractivity contribution < 1.29 is 27.8 Å². The van der Waals surface area contributed by atoms with Crippen LogP contribution in [0.2, 0.25) is 0 Å². The maximum absolute atomic E-state index is 13.2. The van der Waals surface area contributed by atoms with Gasteiger partial charge in [0.05, 0.1) is 12.1 Å². The van der Waals surface area contributed by atoms with E-state index in [1.807, 2.05) is 24.3 Å². The smallest absolute Gasteiger partial charge is 0.416 e. The van der Waals surface area contributed by atoms with Crippen LogP contribution in [0.25, 0.3) is 0 Å². The summed E-state index contributed by atoms with van der Waals surface area (Å²) < 4.78 is 44.9. The number of hydrogen-bond donors (Lipinski definition) is 1. The van der Waals surface area contributed by atoms with Crippen molar-refractivity contribution in [1.29, 1.82) is 0 Å². The second kappa shape index (κ2) is 11.0. The number of halogens is 3. The van der Waals surface area contributed by atoms with Crippen LogP contribution in [-0.4, -0.2) is 60.2 Å². The Hall–Kier alpha value is -2.58. The van der Waals surface area contributed by atoms with Crippen LogP contribution in [0.4, 0.5) is 13.2 Å². The summed E-state index contributed by atoms with van der Waals surface area (Å²) in [5, 5.41) is 10.2. The fourth-order valence-electron chi connectivity index (χ4n) is 5.06. The number of fused-ring (bicyclic) bond motifs is 9. The predicted octanol–water partition coefficient (Wildman–Crippen LogP) is 4.99. The SMILES string of the molecule is O=C(c1ccc(C(F)(F)F)cc1)N1CCCCC2(CO)CCN(CC2)Cc2ccccc2OCC1. The Morgan fingerprint density at radius 3 is 2.34 bits per heavy atom. The van der Waals surface area contributed by atoms with Gasteiger partial charge in [-0.05, 0) is 74.5 Å². The van der Waals surface area contributed by atoms with Gasteiger partial charge in [-0.15, -0.1) is 0 Å². The Kier molecular flexibility index (Phi) is 8.02. The Morgan fingerprint density at radius 2 is 1.66 bits per heavy atom. The predicted molar refractivity (Wildman–Crippen MR) is 127 cm³/mol. The second-order valence-electron chi connectivity index (χ2n) is 9.71. The van der Waals surface area contributed by atoms with Crippen LogP contribution in [0.15, 0.2) is 48.5 Å². The van der Waals surface area contributed by atoms with Crippen molar-refractivity contribution in [2.24, 2.45) is 5.41 Å². The highest BCUT2D eigenvalue weighted by Crippen LogP contribution is 2.37. The molecule has 2 bridgehead atoms. The highest BCUT2D eigenvalue weighted by atomic mass is 19.4. The molecule has 8 heteroatoms. The quantitative estimate of drug-likeness (QED) is 0.645. The molecule has 0 aliphatic carbocycles. The normalized spacial score (nSPS) is 24.1. The molecule has 1 N–H and O–H groups in total. The molecule has 3 aliphatic heterocycles. The van der Waals surface area contributed by atoms with Gasteiger partial charge in [-0.2, -0.15) is 13.2 Å². The fraction of sp³-hybridized carbons (Fsp3) is 0.519.